The fraction of sp³-hybridized carbons (Fsp3) is 0.0769. The van der Waals surface area contributed by atoms with Crippen molar-refractivity contribution in [2.75, 3.05) is 0 Å². The molecule has 0 saturated carbocycles. The van der Waals surface area contributed by atoms with E-state index in [1.54, 1.807) is 31.2 Å². The zero-order valence-electron chi connectivity index (χ0n) is 9.55. The quantitative estimate of drug-likeness (QED) is 0.927. The van der Waals surface area contributed by atoms with Crippen molar-refractivity contribution in [1.29, 1.82) is 0 Å². The van der Waals surface area contributed by atoms with Crippen LogP contribution in [0.2, 0.25) is 0 Å². The smallest absolute Gasteiger partial charge is 0.341 e. The standard InChI is InChI=1S/C13H10BrNO3/c1-8-5-6-11(13(17)18)12(16)15(8)10-4-2-3-9(14)7-10/h2-7H,1H3,(H,17,18). The highest BCUT2D eigenvalue weighted by Crippen LogP contribution is 2.15. The van der Waals surface area contributed by atoms with Crippen LogP contribution in [0.5, 0.6) is 0 Å². The summed E-state index contributed by atoms with van der Waals surface area (Å²) in [5.41, 5.74) is 0.555. The molecule has 0 bridgehead atoms. The molecule has 1 aromatic carbocycles. The van der Waals surface area contributed by atoms with Crippen molar-refractivity contribution in [1.82, 2.24) is 4.57 Å². The second-order valence-electron chi connectivity index (χ2n) is 3.81. The van der Waals surface area contributed by atoms with Gasteiger partial charge in [0.05, 0.1) is 0 Å². The highest BCUT2D eigenvalue weighted by molar-refractivity contribution is 9.10. The molecule has 2 rings (SSSR count). The zero-order chi connectivity index (χ0) is 13.3. The minimum atomic E-state index is -1.22. The lowest BCUT2D eigenvalue weighted by molar-refractivity contribution is 0.0694. The van der Waals surface area contributed by atoms with Gasteiger partial charge in [-0.05, 0) is 37.3 Å². The first-order valence-corrected chi connectivity index (χ1v) is 6.02. The molecule has 18 heavy (non-hydrogen) atoms. The first-order valence-electron chi connectivity index (χ1n) is 5.22. The number of aromatic carboxylic acids is 1. The number of carboxylic acids is 1. The van der Waals surface area contributed by atoms with E-state index in [1.807, 2.05) is 6.07 Å². The van der Waals surface area contributed by atoms with Gasteiger partial charge >= 0.3 is 5.97 Å². The van der Waals surface area contributed by atoms with Crippen LogP contribution < -0.4 is 5.56 Å². The number of pyridine rings is 1. The van der Waals surface area contributed by atoms with Crippen molar-refractivity contribution in [3.8, 4) is 5.69 Å². The average Bonchev–Trinajstić information content (AvgIpc) is 2.28. The lowest BCUT2D eigenvalue weighted by Gasteiger charge is -2.11. The Morgan fingerprint density at radius 2 is 2.00 bits per heavy atom. The van der Waals surface area contributed by atoms with Gasteiger partial charge in [-0.2, -0.15) is 0 Å². The SMILES string of the molecule is Cc1ccc(C(=O)O)c(=O)n1-c1cccc(Br)c1. The summed E-state index contributed by atoms with van der Waals surface area (Å²) in [4.78, 5) is 23.1. The van der Waals surface area contributed by atoms with Crippen LogP contribution in [-0.2, 0) is 0 Å². The Labute approximate surface area is 112 Å². The Balaban J connectivity index is 2.75. The van der Waals surface area contributed by atoms with Crippen molar-refractivity contribution in [2.45, 2.75) is 6.92 Å². The molecule has 2 aromatic rings. The minimum absolute atomic E-state index is 0.236. The maximum Gasteiger partial charge on any atom is 0.341 e. The van der Waals surface area contributed by atoms with E-state index in [4.69, 9.17) is 5.11 Å². The summed E-state index contributed by atoms with van der Waals surface area (Å²) < 4.78 is 2.21. The highest BCUT2D eigenvalue weighted by Gasteiger charge is 2.13. The Hall–Kier alpha value is -1.88. The Bertz CT molecular complexity index is 676. The number of hydrogen-bond donors (Lipinski definition) is 1. The lowest BCUT2D eigenvalue weighted by atomic mass is 10.2. The van der Waals surface area contributed by atoms with Gasteiger partial charge in [0.15, 0.2) is 0 Å². The monoisotopic (exact) mass is 307 g/mol. The molecule has 0 radical (unpaired) electrons. The van der Waals surface area contributed by atoms with E-state index < -0.39 is 11.5 Å². The summed E-state index contributed by atoms with van der Waals surface area (Å²) in [5.74, 6) is -1.22. The Morgan fingerprint density at radius 3 is 2.61 bits per heavy atom. The minimum Gasteiger partial charge on any atom is -0.477 e. The van der Waals surface area contributed by atoms with Crippen molar-refractivity contribution < 1.29 is 9.90 Å². The van der Waals surface area contributed by atoms with Crippen LogP contribution in [0.1, 0.15) is 16.1 Å². The molecule has 5 heteroatoms. The summed E-state index contributed by atoms with van der Waals surface area (Å²) >= 11 is 3.32. The summed E-state index contributed by atoms with van der Waals surface area (Å²) in [6.07, 6.45) is 0. The van der Waals surface area contributed by atoms with Crippen LogP contribution in [0.4, 0.5) is 0 Å². The fourth-order valence-corrected chi connectivity index (χ4v) is 2.12. The molecule has 0 aliphatic heterocycles. The first kappa shape index (κ1) is 12.6. The predicted molar refractivity (Wildman–Crippen MR) is 71.4 cm³/mol. The molecule has 1 aromatic heterocycles. The van der Waals surface area contributed by atoms with Gasteiger partial charge in [-0.25, -0.2) is 4.79 Å². The topological polar surface area (TPSA) is 59.3 Å². The number of aryl methyl sites for hydroxylation is 1. The van der Waals surface area contributed by atoms with E-state index in [-0.39, 0.29) is 5.56 Å². The number of carboxylic acid groups (broad SMARTS) is 1. The van der Waals surface area contributed by atoms with E-state index in [2.05, 4.69) is 15.9 Å². The predicted octanol–water partition coefficient (Wildman–Crippen LogP) is 2.61. The number of hydrogen-bond acceptors (Lipinski definition) is 2. The molecular weight excluding hydrogens is 298 g/mol. The van der Waals surface area contributed by atoms with Crippen LogP contribution in [0.25, 0.3) is 5.69 Å². The van der Waals surface area contributed by atoms with E-state index >= 15 is 0 Å². The lowest BCUT2D eigenvalue weighted by Crippen LogP contribution is -2.26. The number of rotatable bonds is 2. The normalized spacial score (nSPS) is 10.3. The summed E-state index contributed by atoms with van der Waals surface area (Å²) in [5, 5.41) is 8.96. The van der Waals surface area contributed by atoms with Crippen LogP contribution in [0.3, 0.4) is 0 Å². The fourth-order valence-electron chi connectivity index (χ4n) is 1.73. The number of carbonyl (C=O) groups is 1. The van der Waals surface area contributed by atoms with Gasteiger partial charge in [-0.15, -0.1) is 0 Å². The second kappa shape index (κ2) is 4.78. The third-order valence-corrected chi connectivity index (χ3v) is 3.07. The third-order valence-electron chi connectivity index (χ3n) is 2.57. The Kier molecular flexibility index (Phi) is 3.34. The molecule has 4 nitrogen and oxygen atoms in total. The van der Waals surface area contributed by atoms with Crippen molar-refractivity contribution in [2.24, 2.45) is 0 Å². The molecule has 0 unspecified atom stereocenters. The van der Waals surface area contributed by atoms with Gasteiger partial charge in [-0.1, -0.05) is 22.0 Å². The Morgan fingerprint density at radius 1 is 1.28 bits per heavy atom. The molecule has 0 spiro atoms. The van der Waals surface area contributed by atoms with Crippen molar-refractivity contribution >= 4 is 21.9 Å². The van der Waals surface area contributed by atoms with Crippen molar-refractivity contribution in [3.05, 3.63) is 62.5 Å². The molecule has 0 saturated heterocycles. The molecule has 92 valence electrons. The molecule has 1 heterocycles. The van der Waals surface area contributed by atoms with Gasteiger partial charge in [0.1, 0.15) is 5.56 Å². The maximum absolute atomic E-state index is 12.1. The van der Waals surface area contributed by atoms with Crippen LogP contribution in [-0.4, -0.2) is 15.6 Å². The molecular formula is C13H10BrNO3. The molecule has 0 aliphatic rings. The van der Waals surface area contributed by atoms with Crippen molar-refractivity contribution in [3.63, 3.8) is 0 Å². The largest absolute Gasteiger partial charge is 0.477 e. The summed E-state index contributed by atoms with van der Waals surface area (Å²) in [6, 6.07) is 10.1. The molecule has 0 fully saturated rings. The van der Waals surface area contributed by atoms with Gasteiger partial charge < -0.3 is 5.11 Å². The van der Waals surface area contributed by atoms with Crippen LogP contribution >= 0.6 is 15.9 Å². The van der Waals surface area contributed by atoms with Gasteiger partial charge in [-0.3, -0.25) is 9.36 Å². The number of benzene rings is 1. The number of aromatic nitrogens is 1. The number of halogens is 1. The summed E-state index contributed by atoms with van der Waals surface area (Å²) in [7, 11) is 0. The average molecular weight is 308 g/mol. The molecule has 0 aliphatic carbocycles. The van der Waals surface area contributed by atoms with Gasteiger partial charge in [0.2, 0.25) is 0 Å². The summed E-state index contributed by atoms with van der Waals surface area (Å²) in [6.45, 7) is 1.76. The molecule has 0 amide bonds. The highest BCUT2D eigenvalue weighted by atomic mass is 79.9. The van der Waals surface area contributed by atoms with E-state index in [0.29, 0.717) is 11.4 Å². The third kappa shape index (κ3) is 2.22. The van der Waals surface area contributed by atoms with Crippen LogP contribution in [0, 0.1) is 6.92 Å². The first-order chi connectivity index (χ1) is 8.50. The van der Waals surface area contributed by atoms with E-state index in [9.17, 15) is 9.59 Å². The zero-order valence-corrected chi connectivity index (χ0v) is 11.1. The van der Waals surface area contributed by atoms with E-state index in [0.717, 1.165) is 4.47 Å². The number of nitrogens with zero attached hydrogens (tertiary/aromatic N) is 1. The van der Waals surface area contributed by atoms with Gasteiger partial charge in [0.25, 0.3) is 5.56 Å². The van der Waals surface area contributed by atoms with Crippen LogP contribution in [0.15, 0.2) is 45.7 Å². The van der Waals surface area contributed by atoms with Gasteiger partial charge in [0, 0.05) is 15.9 Å². The molecule has 1 N–H and O–H groups in total. The molecule has 0 atom stereocenters. The van der Waals surface area contributed by atoms with E-state index in [1.165, 1.54) is 10.6 Å². The maximum atomic E-state index is 12.1. The second-order valence-corrected chi connectivity index (χ2v) is 4.73.